The molecule has 1 aromatic heterocycles. The fourth-order valence-electron chi connectivity index (χ4n) is 2.91. The largest absolute Gasteiger partial charge is 0.484 e. The third-order valence-corrected chi connectivity index (χ3v) is 4.77. The molecule has 0 aliphatic rings. The minimum absolute atomic E-state index is 0.0626. The van der Waals surface area contributed by atoms with E-state index in [-0.39, 0.29) is 19.1 Å². The zero-order valence-electron chi connectivity index (χ0n) is 15.2. The molecule has 0 bridgehead atoms. The van der Waals surface area contributed by atoms with Gasteiger partial charge in [0.05, 0.1) is 16.1 Å². The van der Waals surface area contributed by atoms with Gasteiger partial charge in [0.2, 0.25) is 0 Å². The lowest BCUT2D eigenvalue weighted by molar-refractivity contribution is 0.0834. The first kappa shape index (κ1) is 19.3. The first-order chi connectivity index (χ1) is 14.1. The average Bonchev–Trinajstić information content (AvgIpc) is 3.10. The Morgan fingerprint density at radius 1 is 0.931 bits per heavy atom. The van der Waals surface area contributed by atoms with E-state index in [2.05, 4.69) is 4.98 Å². The molecule has 0 saturated carbocycles. The molecule has 29 heavy (non-hydrogen) atoms. The van der Waals surface area contributed by atoms with E-state index in [9.17, 15) is 4.79 Å². The summed E-state index contributed by atoms with van der Waals surface area (Å²) in [5.74, 6) is 1.29. The maximum absolute atomic E-state index is 12.9. The number of hydrogen-bond acceptors (Lipinski definition) is 4. The highest BCUT2D eigenvalue weighted by Gasteiger charge is 2.18. The Kier molecular flexibility index (Phi) is 5.69. The summed E-state index contributed by atoms with van der Waals surface area (Å²) in [6.45, 7) is -0.0633. The molecule has 0 N–H and O–H groups in total. The number of ether oxygens (including phenoxy) is 2. The summed E-state index contributed by atoms with van der Waals surface area (Å²) in [5.41, 5.74) is 1.39. The van der Waals surface area contributed by atoms with Crippen molar-refractivity contribution in [2.45, 2.75) is 6.61 Å². The number of aromatic nitrogens is 2. The molecular formula is C22H16Cl2N2O3. The minimum Gasteiger partial charge on any atom is -0.484 e. The molecule has 0 amide bonds. The van der Waals surface area contributed by atoms with Crippen molar-refractivity contribution in [1.29, 1.82) is 0 Å². The number of carbonyl (C=O) groups is 1. The number of hydrogen-bond donors (Lipinski definition) is 0. The number of benzene rings is 3. The normalized spacial score (nSPS) is 10.8. The van der Waals surface area contributed by atoms with Crippen LogP contribution in [0.3, 0.4) is 0 Å². The van der Waals surface area contributed by atoms with Crippen LogP contribution in [0.15, 0.2) is 72.8 Å². The molecule has 4 aromatic rings. The molecule has 0 aliphatic carbocycles. The second kappa shape index (κ2) is 8.55. The molecule has 0 spiro atoms. The van der Waals surface area contributed by atoms with Crippen LogP contribution in [0.5, 0.6) is 11.5 Å². The highest BCUT2D eigenvalue weighted by Crippen LogP contribution is 2.28. The van der Waals surface area contributed by atoms with Crippen LogP contribution in [0.25, 0.3) is 11.0 Å². The molecule has 1 heterocycles. The molecule has 4 rings (SSSR count). The SMILES string of the molecule is O=C(COc1ccccc1)n1c(COc2ccc(Cl)cc2Cl)nc2ccccc21. The van der Waals surface area contributed by atoms with Crippen LogP contribution in [-0.2, 0) is 6.61 Å². The van der Waals surface area contributed by atoms with Gasteiger partial charge in [0.15, 0.2) is 12.4 Å². The third-order valence-electron chi connectivity index (χ3n) is 4.24. The summed E-state index contributed by atoms with van der Waals surface area (Å²) >= 11 is 12.1. The zero-order chi connectivity index (χ0) is 20.2. The second-order valence-corrected chi connectivity index (χ2v) is 7.05. The Labute approximate surface area is 177 Å². The summed E-state index contributed by atoms with van der Waals surface area (Å²) in [6.07, 6.45) is 0. The van der Waals surface area contributed by atoms with Crippen molar-refractivity contribution in [2.75, 3.05) is 6.61 Å². The van der Waals surface area contributed by atoms with Gasteiger partial charge in [0.1, 0.15) is 18.1 Å². The summed E-state index contributed by atoms with van der Waals surface area (Å²) in [5, 5.41) is 0.904. The predicted octanol–water partition coefficient (Wildman–Crippen LogP) is 5.64. The van der Waals surface area contributed by atoms with Gasteiger partial charge in [-0.2, -0.15) is 0 Å². The zero-order valence-corrected chi connectivity index (χ0v) is 16.7. The number of fused-ring (bicyclic) bond motifs is 1. The number of rotatable bonds is 6. The van der Waals surface area contributed by atoms with Crippen LogP contribution < -0.4 is 9.47 Å². The van der Waals surface area contributed by atoms with Gasteiger partial charge in [0.25, 0.3) is 5.91 Å². The van der Waals surface area contributed by atoms with Crippen molar-refractivity contribution in [3.05, 3.63) is 88.7 Å². The fourth-order valence-corrected chi connectivity index (χ4v) is 3.37. The van der Waals surface area contributed by atoms with E-state index in [0.717, 1.165) is 0 Å². The Hall–Kier alpha value is -3.02. The highest BCUT2D eigenvalue weighted by atomic mass is 35.5. The van der Waals surface area contributed by atoms with Crippen LogP contribution in [0, 0.1) is 0 Å². The Morgan fingerprint density at radius 2 is 1.69 bits per heavy atom. The van der Waals surface area contributed by atoms with Gasteiger partial charge in [-0.05, 0) is 42.5 Å². The van der Waals surface area contributed by atoms with Gasteiger partial charge in [0, 0.05) is 5.02 Å². The molecule has 0 saturated heterocycles. The van der Waals surface area contributed by atoms with Crippen LogP contribution in [0.4, 0.5) is 0 Å². The third kappa shape index (κ3) is 4.36. The predicted molar refractivity (Wildman–Crippen MR) is 113 cm³/mol. The molecule has 7 heteroatoms. The molecule has 146 valence electrons. The van der Waals surface area contributed by atoms with E-state index >= 15 is 0 Å². The van der Waals surface area contributed by atoms with Gasteiger partial charge in [-0.3, -0.25) is 9.36 Å². The first-order valence-electron chi connectivity index (χ1n) is 8.87. The van der Waals surface area contributed by atoms with E-state index in [1.54, 1.807) is 30.3 Å². The van der Waals surface area contributed by atoms with Crippen molar-refractivity contribution in [1.82, 2.24) is 9.55 Å². The smallest absolute Gasteiger partial charge is 0.270 e. The van der Waals surface area contributed by atoms with E-state index in [0.29, 0.717) is 38.4 Å². The maximum Gasteiger partial charge on any atom is 0.270 e. The molecule has 0 atom stereocenters. The molecule has 0 unspecified atom stereocenters. The number of halogens is 2. The van der Waals surface area contributed by atoms with Gasteiger partial charge in [-0.25, -0.2) is 4.98 Å². The molecule has 0 aliphatic heterocycles. The second-order valence-electron chi connectivity index (χ2n) is 6.21. The van der Waals surface area contributed by atoms with Crippen LogP contribution in [0.1, 0.15) is 10.6 Å². The summed E-state index contributed by atoms with van der Waals surface area (Å²) in [7, 11) is 0. The molecule has 3 aromatic carbocycles. The van der Waals surface area contributed by atoms with Crippen molar-refractivity contribution in [3.63, 3.8) is 0 Å². The summed E-state index contributed by atoms with van der Waals surface area (Å²) in [6, 6.07) is 21.5. The van der Waals surface area contributed by atoms with Crippen molar-refractivity contribution in [2.24, 2.45) is 0 Å². The van der Waals surface area contributed by atoms with E-state index in [4.69, 9.17) is 32.7 Å². The first-order valence-corrected chi connectivity index (χ1v) is 9.62. The Balaban J connectivity index is 1.59. The van der Waals surface area contributed by atoms with E-state index in [1.807, 2.05) is 42.5 Å². The number of imidazole rings is 1. The molecule has 0 fully saturated rings. The van der Waals surface area contributed by atoms with Crippen LogP contribution >= 0.6 is 23.2 Å². The van der Waals surface area contributed by atoms with Crippen molar-refractivity contribution in [3.8, 4) is 11.5 Å². The number of nitrogens with zero attached hydrogens (tertiary/aromatic N) is 2. The topological polar surface area (TPSA) is 53.4 Å². The van der Waals surface area contributed by atoms with E-state index < -0.39 is 0 Å². The van der Waals surface area contributed by atoms with Gasteiger partial charge in [-0.15, -0.1) is 0 Å². The molecule has 0 radical (unpaired) electrons. The molecular weight excluding hydrogens is 411 g/mol. The van der Waals surface area contributed by atoms with Crippen molar-refractivity contribution >= 4 is 40.1 Å². The lowest BCUT2D eigenvalue weighted by atomic mass is 10.3. The average molecular weight is 427 g/mol. The lowest BCUT2D eigenvalue weighted by Crippen LogP contribution is -2.22. The summed E-state index contributed by atoms with van der Waals surface area (Å²) in [4.78, 5) is 17.5. The van der Waals surface area contributed by atoms with Gasteiger partial charge < -0.3 is 9.47 Å². The standard InChI is InChI=1S/C22H16Cl2N2O3/c23-15-10-11-20(17(24)12-15)29-13-21-25-18-8-4-5-9-19(18)26(21)22(27)14-28-16-6-2-1-3-7-16/h1-12H,13-14H2. The molecule has 5 nitrogen and oxygen atoms in total. The Morgan fingerprint density at radius 3 is 2.48 bits per heavy atom. The van der Waals surface area contributed by atoms with E-state index in [1.165, 1.54) is 4.57 Å². The van der Waals surface area contributed by atoms with Crippen molar-refractivity contribution < 1.29 is 14.3 Å². The maximum atomic E-state index is 12.9. The summed E-state index contributed by atoms with van der Waals surface area (Å²) < 4.78 is 12.9. The number of carbonyl (C=O) groups excluding carboxylic acids is 1. The van der Waals surface area contributed by atoms with Gasteiger partial charge in [-0.1, -0.05) is 53.5 Å². The van der Waals surface area contributed by atoms with Crippen LogP contribution in [0.2, 0.25) is 10.0 Å². The quantitative estimate of drug-likeness (QED) is 0.400. The minimum atomic E-state index is -0.247. The van der Waals surface area contributed by atoms with Gasteiger partial charge >= 0.3 is 0 Å². The fraction of sp³-hybridized carbons (Fsp3) is 0.0909. The monoisotopic (exact) mass is 426 g/mol. The Bertz CT molecular complexity index is 1160. The highest BCUT2D eigenvalue weighted by molar-refractivity contribution is 6.35. The lowest BCUT2D eigenvalue weighted by Gasteiger charge is -2.11. The number of para-hydroxylation sites is 3. The van der Waals surface area contributed by atoms with Crippen LogP contribution in [-0.4, -0.2) is 22.1 Å².